The monoisotopic (exact) mass is 431 g/mol. The van der Waals surface area contributed by atoms with E-state index in [1.54, 1.807) is 37.7 Å². The summed E-state index contributed by atoms with van der Waals surface area (Å²) in [5.74, 6) is 0.748. The quantitative estimate of drug-likeness (QED) is 0.403. The molecule has 2 aromatic heterocycles. The number of hydrogen-bond acceptors (Lipinski definition) is 8. The number of ether oxygens (including phenoxy) is 2. The van der Waals surface area contributed by atoms with Gasteiger partial charge in [0, 0.05) is 24.2 Å². The summed E-state index contributed by atoms with van der Waals surface area (Å²) < 4.78 is 12.1. The summed E-state index contributed by atoms with van der Waals surface area (Å²) in [6.07, 6.45) is 0.151. The molecule has 0 radical (unpaired) electrons. The Bertz CT molecular complexity index is 1120. The van der Waals surface area contributed by atoms with E-state index in [1.165, 1.54) is 17.8 Å². The van der Waals surface area contributed by atoms with Crippen LogP contribution in [-0.4, -0.2) is 49.7 Å². The molecule has 0 aliphatic heterocycles. The Morgan fingerprint density at radius 3 is 2.73 bits per heavy atom. The van der Waals surface area contributed by atoms with Gasteiger partial charge in [-0.2, -0.15) is 0 Å². The summed E-state index contributed by atoms with van der Waals surface area (Å²) in [5.41, 5.74) is -0.0161. The van der Waals surface area contributed by atoms with Gasteiger partial charge in [0.25, 0.3) is 5.56 Å². The highest BCUT2D eigenvalue weighted by molar-refractivity contribution is 8.00. The van der Waals surface area contributed by atoms with Crippen LogP contribution in [0.15, 0.2) is 45.1 Å². The standard InChI is InChI=1S/C19H21N5O5S/c1-4-29-17(26)11(2)30-19-23-22-15(8-12-9-16(25)21-18(27)20-12)24(19)13-6-5-7-14(10-13)28-3/h5-7,9-11H,4,8H2,1-3H3,(H2,20,21,25,27)/t11-/m1/s1. The first-order chi connectivity index (χ1) is 14.4. The Kier molecular flexibility index (Phi) is 6.72. The molecule has 1 atom stereocenters. The number of benzene rings is 1. The Hall–Kier alpha value is -3.34. The van der Waals surface area contributed by atoms with Crippen LogP contribution in [0.2, 0.25) is 0 Å². The fraction of sp³-hybridized carbons (Fsp3) is 0.316. The van der Waals surface area contributed by atoms with E-state index in [0.29, 0.717) is 28.1 Å². The number of aromatic amines is 2. The van der Waals surface area contributed by atoms with Gasteiger partial charge in [0.1, 0.15) is 16.8 Å². The summed E-state index contributed by atoms with van der Waals surface area (Å²) in [4.78, 5) is 40.0. The zero-order valence-corrected chi connectivity index (χ0v) is 17.5. The molecule has 0 bridgehead atoms. The van der Waals surface area contributed by atoms with Gasteiger partial charge >= 0.3 is 11.7 Å². The van der Waals surface area contributed by atoms with E-state index < -0.39 is 16.5 Å². The van der Waals surface area contributed by atoms with E-state index in [4.69, 9.17) is 9.47 Å². The van der Waals surface area contributed by atoms with Crippen molar-refractivity contribution in [3.63, 3.8) is 0 Å². The van der Waals surface area contributed by atoms with E-state index in [9.17, 15) is 14.4 Å². The molecule has 10 nitrogen and oxygen atoms in total. The second-order valence-electron chi connectivity index (χ2n) is 6.24. The molecule has 0 saturated carbocycles. The van der Waals surface area contributed by atoms with Crippen LogP contribution in [0, 0.1) is 0 Å². The first kappa shape index (κ1) is 21.4. The highest BCUT2D eigenvalue weighted by Crippen LogP contribution is 2.28. The molecule has 0 saturated heterocycles. The van der Waals surface area contributed by atoms with Gasteiger partial charge < -0.3 is 14.5 Å². The maximum Gasteiger partial charge on any atom is 0.325 e. The third kappa shape index (κ3) is 4.98. The summed E-state index contributed by atoms with van der Waals surface area (Å²) in [6, 6.07) is 8.55. The number of rotatable bonds is 8. The molecule has 0 aliphatic carbocycles. The molecule has 30 heavy (non-hydrogen) atoms. The molecule has 158 valence electrons. The normalized spacial score (nSPS) is 11.8. The van der Waals surface area contributed by atoms with Gasteiger partial charge in [0.15, 0.2) is 5.16 Å². The fourth-order valence-corrected chi connectivity index (χ4v) is 3.64. The van der Waals surface area contributed by atoms with E-state index in [1.807, 2.05) is 12.1 Å². The molecule has 0 spiro atoms. The SMILES string of the molecule is CCOC(=O)[C@@H](C)Sc1nnc(Cc2cc(=O)[nH]c(=O)[nH]2)n1-c1cccc(OC)c1. The molecule has 0 amide bonds. The smallest absolute Gasteiger partial charge is 0.325 e. The van der Waals surface area contributed by atoms with Crippen molar-refractivity contribution in [1.29, 1.82) is 0 Å². The Labute approximate surface area is 175 Å². The largest absolute Gasteiger partial charge is 0.497 e. The van der Waals surface area contributed by atoms with Crippen LogP contribution in [0.25, 0.3) is 5.69 Å². The van der Waals surface area contributed by atoms with Gasteiger partial charge in [-0.05, 0) is 26.0 Å². The van der Waals surface area contributed by atoms with Crippen LogP contribution in [0.5, 0.6) is 5.75 Å². The lowest BCUT2D eigenvalue weighted by Gasteiger charge is -2.13. The molecule has 2 heterocycles. The number of methoxy groups -OCH3 is 1. The number of carbonyl (C=O) groups excluding carboxylic acids is 1. The summed E-state index contributed by atoms with van der Waals surface area (Å²) in [6.45, 7) is 3.75. The van der Waals surface area contributed by atoms with Gasteiger partial charge in [-0.25, -0.2) is 4.79 Å². The van der Waals surface area contributed by atoms with E-state index in [-0.39, 0.29) is 19.0 Å². The second kappa shape index (κ2) is 9.44. The summed E-state index contributed by atoms with van der Waals surface area (Å²) >= 11 is 1.20. The van der Waals surface area contributed by atoms with Crippen LogP contribution in [0.3, 0.4) is 0 Å². The van der Waals surface area contributed by atoms with Crippen molar-refractivity contribution in [1.82, 2.24) is 24.7 Å². The molecular formula is C19H21N5O5S. The number of nitrogens with one attached hydrogen (secondary N) is 2. The van der Waals surface area contributed by atoms with Gasteiger partial charge in [0.05, 0.1) is 19.4 Å². The van der Waals surface area contributed by atoms with Crippen molar-refractivity contribution in [3.05, 3.63) is 62.7 Å². The van der Waals surface area contributed by atoms with E-state index >= 15 is 0 Å². The molecule has 3 aromatic rings. The molecule has 0 fully saturated rings. The first-order valence-electron chi connectivity index (χ1n) is 9.15. The van der Waals surface area contributed by atoms with Crippen LogP contribution in [0.1, 0.15) is 25.4 Å². The van der Waals surface area contributed by atoms with Crippen LogP contribution >= 0.6 is 11.8 Å². The average molecular weight is 431 g/mol. The zero-order chi connectivity index (χ0) is 21.7. The average Bonchev–Trinajstić information content (AvgIpc) is 3.09. The number of esters is 1. The molecule has 0 aliphatic rings. The highest BCUT2D eigenvalue weighted by Gasteiger charge is 2.22. The van der Waals surface area contributed by atoms with E-state index in [0.717, 1.165) is 0 Å². The van der Waals surface area contributed by atoms with Gasteiger partial charge in [0.2, 0.25) is 0 Å². The maximum absolute atomic E-state index is 12.1. The zero-order valence-electron chi connectivity index (χ0n) is 16.7. The topological polar surface area (TPSA) is 132 Å². The lowest BCUT2D eigenvalue weighted by atomic mass is 10.2. The van der Waals surface area contributed by atoms with Crippen molar-refractivity contribution in [2.75, 3.05) is 13.7 Å². The minimum Gasteiger partial charge on any atom is -0.497 e. The van der Waals surface area contributed by atoms with Crippen LogP contribution in [0.4, 0.5) is 0 Å². The summed E-state index contributed by atoms with van der Waals surface area (Å²) in [5, 5.41) is 8.40. The number of aromatic nitrogens is 5. The van der Waals surface area contributed by atoms with Gasteiger partial charge in [-0.15, -0.1) is 10.2 Å². The van der Waals surface area contributed by atoms with Crippen molar-refractivity contribution in [2.24, 2.45) is 0 Å². The molecule has 11 heteroatoms. The Morgan fingerprint density at radius 2 is 2.03 bits per heavy atom. The summed E-state index contributed by atoms with van der Waals surface area (Å²) in [7, 11) is 1.56. The first-order valence-corrected chi connectivity index (χ1v) is 10.0. The fourth-order valence-electron chi connectivity index (χ4n) is 2.75. The molecule has 3 rings (SSSR count). The Balaban J connectivity index is 2.03. The molecular weight excluding hydrogens is 410 g/mol. The second-order valence-corrected chi connectivity index (χ2v) is 7.55. The molecule has 1 aromatic carbocycles. The van der Waals surface area contributed by atoms with Gasteiger partial charge in [-0.3, -0.25) is 19.1 Å². The Morgan fingerprint density at radius 1 is 1.23 bits per heavy atom. The minimum absolute atomic E-state index is 0.151. The number of hydrogen-bond donors (Lipinski definition) is 2. The van der Waals surface area contributed by atoms with Crippen molar-refractivity contribution < 1.29 is 14.3 Å². The molecule has 0 unspecified atom stereocenters. The highest BCUT2D eigenvalue weighted by atomic mass is 32.2. The predicted octanol–water partition coefficient (Wildman–Crippen LogP) is 1.29. The maximum atomic E-state index is 12.1. The minimum atomic E-state index is -0.601. The third-order valence-corrected chi connectivity index (χ3v) is 5.10. The van der Waals surface area contributed by atoms with E-state index in [2.05, 4.69) is 20.2 Å². The number of H-pyrrole nitrogens is 2. The van der Waals surface area contributed by atoms with Gasteiger partial charge in [-0.1, -0.05) is 17.8 Å². The lowest BCUT2D eigenvalue weighted by molar-refractivity contribution is -0.142. The third-order valence-electron chi connectivity index (χ3n) is 4.08. The lowest BCUT2D eigenvalue weighted by Crippen LogP contribution is -2.23. The van der Waals surface area contributed by atoms with Crippen molar-refractivity contribution >= 4 is 17.7 Å². The number of nitrogens with zero attached hydrogens (tertiary/aromatic N) is 3. The van der Waals surface area contributed by atoms with Crippen LogP contribution < -0.4 is 16.0 Å². The number of carbonyl (C=O) groups is 1. The molecule has 2 N–H and O–H groups in total. The predicted molar refractivity (Wildman–Crippen MR) is 110 cm³/mol. The van der Waals surface area contributed by atoms with Crippen molar-refractivity contribution in [2.45, 2.75) is 30.7 Å². The van der Waals surface area contributed by atoms with Crippen LogP contribution in [-0.2, 0) is 16.0 Å². The van der Waals surface area contributed by atoms with Crippen molar-refractivity contribution in [3.8, 4) is 11.4 Å². The number of thioether (sulfide) groups is 1.